The normalized spacial score (nSPS) is 40.9. The molecule has 0 aromatic heterocycles. The van der Waals surface area contributed by atoms with Crippen LogP contribution >= 0.6 is 0 Å². The largest absolute Gasteiger partial charge is 0.392 e. The lowest BCUT2D eigenvalue weighted by Gasteiger charge is -2.09. The van der Waals surface area contributed by atoms with Crippen molar-refractivity contribution in [2.75, 3.05) is 6.54 Å². The van der Waals surface area contributed by atoms with Gasteiger partial charge in [0.15, 0.2) is 0 Å². The minimum atomic E-state index is -0.324. The number of hydrogen-bond donors (Lipinski definition) is 2. The maximum atomic E-state index is 8.87. The summed E-state index contributed by atoms with van der Waals surface area (Å²) < 4.78 is 0. The van der Waals surface area contributed by atoms with Crippen molar-refractivity contribution in [3.63, 3.8) is 0 Å². The fourth-order valence-electron chi connectivity index (χ4n) is 0.986. The summed E-state index contributed by atoms with van der Waals surface area (Å²) in [5, 5.41) is 18.9. The molecule has 0 radical (unpaired) electrons. The first kappa shape index (κ1) is 6.01. The van der Waals surface area contributed by atoms with Gasteiger partial charge in [0.1, 0.15) is 0 Å². The molecule has 1 aliphatic rings. The van der Waals surface area contributed by atoms with Gasteiger partial charge in [-0.1, -0.05) is 0 Å². The van der Waals surface area contributed by atoms with Gasteiger partial charge in [-0.3, -0.25) is 0 Å². The highest BCUT2D eigenvalue weighted by molar-refractivity contribution is 4.75. The molecule has 1 rings (SSSR count). The van der Waals surface area contributed by atoms with Crippen LogP contribution in [0.1, 0.15) is 13.3 Å². The van der Waals surface area contributed by atoms with Crippen LogP contribution in [0.3, 0.4) is 0 Å². The molecule has 0 aromatic carbocycles. The van der Waals surface area contributed by atoms with Crippen molar-refractivity contribution in [2.24, 2.45) is 0 Å². The minimum absolute atomic E-state index is 0.130. The summed E-state index contributed by atoms with van der Waals surface area (Å²) in [5.41, 5.74) is 0. The maximum absolute atomic E-state index is 8.87. The summed E-state index contributed by atoms with van der Waals surface area (Å²) in [6.07, 6.45) is 0.367. The molecule has 1 aliphatic heterocycles. The number of aliphatic hydroxyl groups excluding tert-OH is 1. The van der Waals surface area contributed by atoms with E-state index in [1.807, 2.05) is 6.92 Å². The molecule has 3 heteroatoms. The Balaban J connectivity index is 2.39. The topological polar surface area (TPSA) is 43.7 Å². The van der Waals surface area contributed by atoms with Gasteiger partial charge >= 0.3 is 0 Å². The standard InChI is InChI=1S/C5H11NO2/c1-4-2-5(7)3-6(4)8/h4-5,7-8H,2-3H2,1H3/t4-,5?/m1/s1. The van der Waals surface area contributed by atoms with Crippen LogP contribution in [0, 0.1) is 0 Å². The number of hydroxylamine groups is 2. The number of rotatable bonds is 0. The fraction of sp³-hybridized carbons (Fsp3) is 1.00. The van der Waals surface area contributed by atoms with Crippen molar-refractivity contribution < 1.29 is 10.3 Å². The average Bonchev–Trinajstić information content (AvgIpc) is 1.85. The van der Waals surface area contributed by atoms with Crippen molar-refractivity contribution >= 4 is 0 Å². The van der Waals surface area contributed by atoms with Gasteiger partial charge < -0.3 is 10.3 Å². The van der Waals surface area contributed by atoms with Crippen molar-refractivity contribution in [2.45, 2.75) is 25.5 Å². The van der Waals surface area contributed by atoms with Crippen molar-refractivity contribution in [3.8, 4) is 0 Å². The van der Waals surface area contributed by atoms with Gasteiger partial charge in [-0.2, -0.15) is 5.06 Å². The Kier molecular flexibility index (Phi) is 1.51. The van der Waals surface area contributed by atoms with E-state index in [1.165, 1.54) is 5.06 Å². The van der Waals surface area contributed by atoms with E-state index in [4.69, 9.17) is 10.3 Å². The van der Waals surface area contributed by atoms with Crippen LogP contribution in [0.2, 0.25) is 0 Å². The molecule has 1 unspecified atom stereocenters. The van der Waals surface area contributed by atoms with Crippen LogP contribution in [0.4, 0.5) is 0 Å². The van der Waals surface area contributed by atoms with E-state index in [2.05, 4.69) is 0 Å². The summed E-state index contributed by atoms with van der Waals surface area (Å²) in [5.74, 6) is 0. The fourth-order valence-corrected chi connectivity index (χ4v) is 0.986. The zero-order valence-corrected chi connectivity index (χ0v) is 4.91. The van der Waals surface area contributed by atoms with Crippen LogP contribution in [0.15, 0.2) is 0 Å². The highest BCUT2D eigenvalue weighted by atomic mass is 16.5. The zero-order chi connectivity index (χ0) is 6.15. The summed E-state index contributed by atoms with van der Waals surface area (Å²) in [6.45, 7) is 2.29. The lowest BCUT2D eigenvalue weighted by atomic mass is 10.2. The van der Waals surface area contributed by atoms with Crippen molar-refractivity contribution in [1.29, 1.82) is 0 Å². The Morgan fingerprint density at radius 2 is 2.25 bits per heavy atom. The van der Waals surface area contributed by atoms with E-state index in [0.717, 1.165) is 0 Å². The van der Waals surface area contributed by atoms with Gasteiger partial charge in [0.05, 0.1) is 12.6 Å². The highest BCUT2D eigenvalue weighted by Crippen LogP contribution is 2.13. The lowest BCUT2D eigenvalue weighted by Crippen LogP contribution is -2.22. The van der Waals surface area contributed by atoms with E-state index in [9.17, 15) is 0 Å². The Hall–Kier alpha value is -0.120. The van der Waals surface area contributed by atoms with E-state index in [1.54, 1.807) is 0 Å². The highest BCUT2D eigenvalue weighted by Gasteiger charge is 2.25. The molecule has 2 N–H and O–H groups in total. The third-order valence-electron chi connectivity index (χ3n) is 1.52. The third kappa shape index (κ3) is 0.992. The molecule has 1 saturated heterocycles. The maximum Gasteiger partial charge on any atom is 0.0706 e. The second-order valence-electron chi connectivity index (χ2n) is 2.36. The van der Waals surface area contributed by atoms with Gasteiger partial charge in [0.2, 0.25) is 0 Å². The molecule has 2 atom stereocenters. The number of nitrogens with zero attached hydrogens (tertiary/aromatic N) is 1. The molecule has 0 saturated carbocycles. The molecular weight excluding hydrogens is 106 g/mol. The smallest absolute Gasteiger partial charge is 0.0706 e. The van der Waals surface area contributed by atoms with Gasteiger partial charge in [-0.05, 0) is 13.3 Å². The second kappa shape index (κ2) is 2.01. The molecule has 0 spiro atoms. The lowest BCUT2D eigenvalue weighted by molar-refractivity contribution is -0.102. The zero-order valence-electron chi connectivity index (χ0n) is 4.91. The molecule has 48 valence electrons. The van der Waals surface area contributed by atoms with Gasteiger partial charge in [0.25, 0.3) is 0 Å². The first-order valence-corrected chi connectivity index (χ1v) is 2.83. The Bertz CT molecular complexity index is 76.5. The summed E-state index contributed by atoms with van der Waals surface area (Å²) in [6, 6.07) is 0.130. The third-order valence-corrected chi connectivity index (χ3v) is 1.52. The van der Waals surface area contributed by atoms with Crippen LogP contribution in [0.25, 0.3) is 0 Å². The molecule has 0 amide bonds. The summed E-state index contributed by atoms with van der Waals surface area (Å²) >= 11 is 0. The summed E-state index contributed by atoms with van der Waals surface area (Å²) in [4.78, 5) is 0. The van der Waals surface area contributed by atoms with Crippen molar-refractivity contribution in [1.82, 2.24) is 5.06 Å². The van der Waals surface area contributed by atoms with Crippen LogP contribution in [-0.4, -0.2) is 34.1 Å². The molecule has 3 nitrogen and oxygen atoms in total. The van der Waals surface area contributed by atoms with Crippen molar-refractivity contribution in [3.05, 3.63) is 0 Å². The molecule has 0 aromatic rings. The Morgan fingerprint density at radius 1 is 1.62 bits per heavy atom. The molecule has 1 heterocycles. The van der Waals surface area contributed by atoms with E-state index >= 15 is 0 Å². The van der Waals surface area contributed by atoms with Gasteiger partial charge in [-0.15, -0.1) is 0 Å². The Morgan fingerprint density at radius 3 is 2.38 bits per heavy atom. The van der Waals surface area contributed by atoms with Gasteiger partial charge in [0, 0.05) is 6.04 Å². The van der Waals surface area contributed by atoms with E-state index < -0.39 is 0 Å². The molecule has 8 heavy (non-hydrogen) atoms. The second-order valence-corrected chi connectivity index (χ2v) is 2.36. The molecule has 1 fully saturated rings. The van der Waals surface area contributed by atoms with Crippen LogP contribution < -0.4 is 0 Å². The number of aliphatic hydroxyl groups is 1. The molecule has 0 bridgehead atoms. The monoisotopic (exact) mass is 117 g/mol. The Labute approximate surface area is 48.5 Å². The first-order valence-electron chi connectivity index (χ1n) is 2.83. The van der Waals surface area contributed by atoms with Crippen LogP contribution in [0.5, 0.6) is 0 Å². The predicted molar refractivity (Wildman–Crippen MR) is 28.6 cm³/mol. The average molecular weight is 117 g/mol. The SMILES string of the molecule is C[C@@H]1CC(O)CN1O. The van der Waals surface area contributed by atoms with E-state index in [-0.39, 0.29) is 12.1 Å². The summed E-state index contributed by atoms with van der Waals surface area (Å²) in [7, 11) is 0. The van der Waals surface area contributed by atoms with E-state index in [0.29, 0.717) is 13.0 Å². The van der Waals surface area contributed by atoms with Gasteiger partial charge in [-0.25, -0.2) is 0 Å². The predicted octanol–water partition coefficient (Wildman–Crippen LogP) is -0.169. The molecule has 0 aliphatic carbocycles. The first-order chi connectivity index (χ1) is 3.70. The quantitative estimate of drug-likeness (QED) is 0.463. The van der Waals surface area contributed by atoms with Crippen LogP contribution in [-0.2, 0) is 0 Å². The minimum Gasteiger partial charge on any atom is -0.392 e. The number of hydrogen-bond acceptors (Lipinski definition) is 3. The molecular formula is C5H11NO2. The number of β-amino-alcohol motifs (C(OH)–C–C–N with tert-alkyl or cyclic N) is 1.